The Labute approximate surface area is 204 Å². The van der Waals surface area contributed by atoms with Gasteiger partial charge in [-0.15, -0.1) is 0 Å². The molecule has 0 spiro atoms. The van der Waals surface area contributed by atoms with E-state index >= 15 is 0 Å². The van der Waals surface area contributed by atoms with E-state index in [0.717, 1.165) is 28.0 Å². The van der Waals surface area contributed by atoms with E-state index in [-0.39, 0.29) is 11.5 Å². The molecule has 1 fully saturated rings. The molecule has 1 radical (unpaired) electrons. The van der Waals surface area contributed by atoms with E-state index in [9.17, 15) is 0 Å². The molecule has 0 aliphatic heterocycles. The number of benzene rings is 2. The zero-order valence-corrected chi connectivity index (χ0v) is 21.0. The molecule has 3 aromatic rings. The Hall–Kier alpha value is -2.85. The number of hydrogen-bond acceptors (Lipinski definition) is 4. The number of ether oxygens (including phenoxy) is 3. The summed E-state index contributed by atoms with van der Waals surface area (Å²) in [4.78, 5) is 4.43. The molecule has 0 N–H and O–H groups in total. The molecule has 4 nitrogen and oxygen atoms in total. The van der Waals surface area contributed by atoms with Crippen LogP contribution in [0.4, 0.5) is 0 Å². The number of rotatable bonds is 9. The molecule has 0 unspecified atom stereocenters. The Morgan fingerprint density at radius 1 is 1.03 bits per heavy atom. The minimum Gasteiger partial charge on any atom is -0.496 e. The maximum Gasteiger partial charge on any atom is 0.213 e. The van der Waals surface area contributed by atoms with Crippen LogP contribution in [0.2, 0.25) is 0 Å². The van der Waals surface area contributed by atoms with Crippen molar-refractivity contribution in [3.63, 3.8) is 0 Å². The first-order valence-electron chi connectivity index (χ1n) is 12.0. The summed E-state index contributed by atoms with van der Waals surface area (Å²) < 4.78 is 18.2. The van der Waals surface area contributed by atoms with Gasteiger partial charge in [0.15, 0.2) is 0 Å². The van der Waals surface area contributed by atoms with Crippen LogP contribution in [0.15, 0.2) is 60.8 Å². The zero-order chi connectivity index (χ0) is 24.3. The van der Waals surface area contributed by atoms with Gasteiger partial charge < -0.3 is 14.2 Å². The van der Waals surface area contributed by atoms with Crippen molar-refractivity contribution in [2.24, 2.45) is 11.3 Å². The molecule has 1 saturated carbocycles. The van der Waals surface area contributed by atoms with E-state index < -0.39 is 0 Å². The molecule has 4 heteroatoms. The van der Waals surface area contributed by atoms with Gasteiger partial charge in [-0.05, 0) is 59.8 Å². The smallest absolute Gasteiger partial charge is 0.213 e. The highest BCUT2D eigenvalue weighted by molar-refractivity contribution is 5.72. The lowest BCUT2D eigenvalue weighted by molar-refractivity contribution is 0.0138. The van der Waals surface area contributed by atoms with Crippen LogP contribution in [0, 0.1) is 18.3 Å². The normalized spacial score (nSPS) is 15.6. The summed E-state index contributed by atoms with van der Waals surface area (Å²) in [6.45, 7) is 11.2. The van der Waals surface area contributed by atoms with Gasteiger partial charge in [0.25, 0.3) is 0 Å². The molecule has 34 heavy (non-hydrogen) atoms. The molecule has 1 aromatic heterocycles. The third-order valence-electron chi connectivity index (χ3n) is 6.60. The monoisotopic (exact) mass is 458 g/mol. The molecule has 0 bridgehead atoms. The van der Waals surface area contributed by atoms with E-state index in [1.165, 1.54) is 18.4 Å². The van der Waals surface area contributed by atoms with Crippen LogP contribution < -0.4 is 9.47 Å². The summed E-state index contributed by atoms with van der Waals surface area (Å²) in [5, 5.41) is 0. The van der Waals surface area contributed by atoms with Crippen LogP contribution in [0.5, 0.6) is 11.6 Å². The van der Waals surface area contributed by atoms with Crippen LogP contribution in [-0.2, 0) is 11.3 Å². The molecule has 1 heterocycles. The lowest BCUT2D eigenvalue weighted by Gasteiger charge is -2.33. The number of nitrogens with zero attached hydrogens (tertiary/aromatic N) is 1. The first-order chi connectivity index (χ1) is 16.3. The Kier molecular flexibility index (Phi) is 7.27. The summed E-state index contributed by atoms with van der Waals surface area (Å²) in [6.07, 6.45) is 4.17. The van der Waals surface area contributed by atoms with Crippen LogP contribution in [-0.4, -0.2) is 19.2 Å². The topological polar surface area (TPSA) is 40.6 Å². The Bertz CT molecular complexity index is 1100. The molecular formula is C30H36NO3. The van der Waals surface area contributed by atoms with Gasteiger partial charge in [-0.1, -0.05) is 63.2 Å². The van der Waals surface area contributed by atoms with Crippen molar-refractivity contribution in [3.8, 4) is 22.8 Å². The van der Waals surface area contributed by atoms with Gasteiger partial charge in [0.2, 0.25) is 5.88 Å². The van der Waals surface area contributed by atoms with E-state index in [1.807, 2.05) is 24.4 Å². The third-order valence-corrected chi connectivity index (χ3v) is 6.60. The van der Waals surface area contributed by atoms with E-state index in [2.05, 4.69) is 69.1 Å². The van der Waals surface area contributed by atoms with Crippen molar-refractivity contribution < 1.29 is 14.2 Å². The molecule has 0 amide bonds. The van der Waals surface area contributed by atoms with Gasteiger partial charge in [-0.2, -0.15) is 0 Å². The highest BCUT2D eigenvalue weighted by atomic mass is 16.5. The summed E-state index contributed by atoms with van der Waals surface area (Å²) in [5.74, 6) is 2.40. The molecule has 2 aromatic carbocycles. The molecule has 0 saturated heterocycles. The summed E-state index contributed by atoms with van der Waals surface area (Å²) >= 11 is 0. The maximum absolute atomic E-state index is 6.17. The SMILES string of the molecule is [CH2][C@H](c1ccnc(OCc2ccc(-c3ccccc3)c([C@@H](OC)C(C)(C)C)c2OC)c1)C1CC1. The van der Waals surface area contributed by atoms with Crippen molar-refractivity contribution in [1.29, 1.82) is 0 Å². The van der Waals surface area contributed by atoms with Crippen molar-refractivity contribution in [1.82, 2.24) is 4.98 Å². The zero-order valence-electron chi connectivity index (χ0n) is 21.0. The minimum atomic E-state index is -0.162. The van der Waals surface area contributed by atoms with Crippen molar-refractivity contribution in [2.75, 3.05) is 14.2 Å². The molecule has 1 aliphatic carbocycles. The fourth-order valence-electron chi connectivity index (χ4n) is 4.69. The van der Waals surface area contributed by atoms with Crippen LogP contribution >= 0.6 is 0 Å². The minimum absolute atomic E-state index is 0.132. The molecule has 2 atom stereocenters. The highest BCUT2D eigenvalue weighted by Gasteiger charge is 2.33. The van der Waals surface area contributed by atoms with Crippen LogP contribution in [0.1, 0.15) is 62.3 Å². The van der Waals surface area contributed by atoms with E-state index in [0.29, 0.717) is 24.3 Å². The second kappa shape index (κ2) is 10.2. The lowest BCUT2D eigenvalue weighted by atomic mass is 9.80. The fourth-order valence-corrected chi connectivity index (χ4v) is 4.69. The largest absolute Gasteiger partial charge is 0.496 e. The summed E-state index contributed by atoms with van der Waals surface area (Å²) in [6, 6.07) is 18.7. The van der Waals surface area contributed by atoms with E-state index in [1.54, 1.807) is 14.2 Å². The number of hydrogen-bond donors (Lipinski definition) is 0. The number of aromatic nitrogens is 1. The van der Waals surface area contributed by atoms with Gasteiger partial charge in [0.05, 0.1) is 13.2 Å². The van der Waals surface area contributed by atoms with Gasteiger partial charge in [-0.3, -0.25) is 0 Å². The van der Waals surface area contributed by atoms with Crippen molar-refractivity contribution in [2.45, 2.75) is 52.2 Å². The molecular weight excluding hydrogens is 422 g/mol. The Morgan fingerprint density at radius 2 is 1.76 bits per heavy atom. The average molecular weight is 459 g/mol. The van der Waals surface area contributed by atoms with Crippen molar-refractivity contribution >= 4 is 0 Å². The Balaban J connectivity index is 1.70. The molecule has 179 valence electrons. The highest BCUT2D eigenvalue weighted by Crippen LogP contribution is 2.46. The van der Waals surface area contributed by atoms with Gasteiger partial charge in [-0.25, -0.2) is 4.98 Å². The lowest BCUT2D eigenvalue weighted by Crippen LogP contribution is -2.22. The molecule has 1 aliphatic rings. The maximum atomic E-state index is 6.17. The summed E-state index contributed by atoms with van der Waals surface area (Å²) in [7, 11) is 3.48. The predicted octanol–water partition coefficient (Wildman–Crippen LogP) is 7.40. The number of pyridine rings is 1. The number of methoxy groups -OCH3 is 2. The average Bonchev–Trinajstić information content (AvgIpc) is 3.68. The van der Waals surface area contributed by atoms with Crippen molar-refractivity contribution in [3.05, 3.63) is 84.4 Å². The van der Waals surface area contributed by atoms with Crippen LogP contribution in [0.25, 0.3) is 11.1 Å². The van der Waals surface area contributed by atoms with Gasteiger partial charge in [0.1, 0.15) is 12.4 Å². The van der Waals surface area contributed by atoms with Gasteiger partial charge >= 0.3 is 0 Å². The quantitative estimate of drug-likeness (QED) is 0.335. The Morgan fingerprint density at radius 3 is 2.38 bits per heavy atom. The standard InChI is InChI=1S/C30H36NO3/c1-20(21-12-13-21)23-16-17-31-26(18-23)34-19-24-14-15-25(22-10-8-7-9-11-22)27(28(24)32-5)29(33-6)30(2,3)4/h7-11,14-18,20-21,29H,1,12-13,19H2,2-6H3/t20-,29+/m0/s1. The van der Waals surface area contributed by atoms with E-state index in [4.69, 9.17) is 14.2 Å². The first-order valence-corrected chi connectivity index (χ1v) is 12.0. The van der Waals surface area contributed by atoms with Gasteiger partial charge in [0, 0.05) is 30.5 Å². The van der Waals surface area contributed by atoms with Crippen LogP contribution in [0.3, 0.4) is 0 Å². The fraction of sp³-hybridized carbons (Fsp3) is 0.400. The summed E-state index contributed by atoms with van der Waals surface area (Å²) in [5.41, 5.74) is 5.29. The first kappa shape index (κ1) is 24.3. The second-order valence-corrected chi connectivity index (χ2v) is 10.2. The second-order valence-electron chi connectivity index (χ2n) is 10.2. The molecule has 4 rings (SSSR count). The third kappa shape index (κ3) is 5.28. The predicted molar refractivity (Wildman–Crippen MR) is 137 cm³/mol.